The van der Waals surface area contributed by atoms with E-state index in [0.29, 0.717) is 5.39 Å². The van der Waals surface area contributed by atoms with E-state index in [-0.39, 0.29) is 11.6 Å². The minimum atomic E-state index is -0.0490. The van der Waals surface area contributed by atoms with Gasteiger partial charge in [0.05, 0.1) is 16.9 Å². The van der Waals surface area contributed by atoms with E-state index < -0.39 is 0 Å². The Morgan fingerprint density at radius 3 is 2.73 bits per heavy atom. The lowest BCUT2D eigenvalue weighted by atomic mass is 10.2. The number of fused-ring (bicyclic) bond motifs is 1. The summed E-state index contributed by atoms with van der Waals surface area (Å²) in [4.78, 5) is 26.4. The summed E-state index contributed by atoms with van der Waals surface area (Å²) in [7, 11) is 0. The highest BCUT2D eigenvalue weighted by Crippen LogP contribution is 2.20. The lowest BCUT2D eigenvalue weighted by Gasteiger charge is -2.37. The Labute approximate surface area is 157 Å². The maximum absolute atomic E-state index is 12.3. The summed E-state index contributed by atoms with van der Waals surface area (Å²) in [6.07, 6.45) is 1.13. The van der Waals surface area contributed by atoms with Crippen LogP contribution in [-0.2, 0) is 6.42 Å². The molecule has 1 N–H and O–H groups in total. The zero-order chi connectivity index (χ0) is 17.9. The third kappa shape index (κ3) is 3.72. The number of rotatable bonds is 5. The molecule has 1 aromatic carbocycles. The molecule has 0 radical (unpaired) electrons. The van der Waals surface area contributed by atoms with Crippen LogP contribution in [0.4, 0.5) is 0 Å². The molecule has 5 nitrogen and oxygen atoms in total. The largest absolute Gasteiger partial charge is 0.309 e. The number of nitrogens with zero attached hydrogens (tertiary/aromatic N) is 3. The summed E-state index contributed by atoms with van der Waals surface area (Å²) in [5.41, 5.74) is 0.722. The summed E-state index contributed by atoms with van der Waals surface area (Å²) in [5.74, 6) is 0.765. The first-order valence-corrected chi connectivity index (χ1v) is 10.1. The lowest BCUT2D eigenvalue weighted by molar-refractivity contribution is 0.1000. The summed E-state index contributed by atoms with van der Waals surface area (Å²) >= 11 is 1.84. The van der Waals surface area contributed by atoms with Crippen molar-refractivity contribution in [1.82, 2.24) is 19.8 Å². The highest BCUT2D eigenvalue weighted by atomic mass is 32.1. The molecule has 4 rings (SSSR count). The van der Waals surface area contributed by atoms with Crippen LogP contribution in [0.15, 0.2) is 46.6 Å². The molecule has 0 aliphatic carbocycles. The van der Waals surface area contributed by atoms with Crippen LogP contribution in [0.3, 0.4) is 0 Å². The normalized spacial score (nSPS) is 17.6. The highest BCUT2D eigenvalue weighted by Gasteiger charge is 2.23. The van der Waals surface area contributed by atoms with Gasteiger partial charge in [-0.3, -0.25) is 9.69 Å². The van der Waals surface area contributed by atoms with Crippen LogP contribution < -0.4 is 5.56 Å². The number of hydrogen-bond acceptors (Lipinski definition) is 5. The summed E-state index contributed by atoms with van der Waals surface area (Å²) in [5, 5.41) is 2.80. The lowest BCUT2D eigenvalue weighted by Crippen LogP contribution is -2.47. The number of hydrogen-bond donors (Lipinski definition) is 1. The number of aromatic nitrogens is 2. The summed E-state index contributed by atoms with van der Waals surface area (Å²) < 4.78 is 0. The van der Waals surface area contributed by atoms with Gasteiger partial charge in [0.15, 0.2) is 0 Å². The molecule has 0 bridgehead atoms. The second-order valence-electron chi connectivity index (χ2n) is 6.85. The monoisotopic (exact) mass is 368 g/mol. The molecule has 0 amide bonds. The van der Waals surface area contributed by atoms with Gasteiger partial charge >= 0.3 is 0 Å². The fourth-order valence-electron chi connectivity index (χ4n) is 3.57. The number of piperazine rings is 1. The van der Waals surface area contributed by atoms with Crippen molar-refractivity contribution in [3.8, 4) is 0 Å². The van der Waals surface area contributed by atoms with Gasteiger partial charge in [-0.1, -0.05) is 18.2 Å². The number of H-pyrrole nitrogens is 1. The smallest absolute Gasteiger partial charge is 0.258 e. The van der Waals surface area contributed by atoms with Gasteiger partial charge in [-0.2, -0.15) is 0 Å². The van der Waals surface area contributed by atoms with E-state index in [1.165, 1.54) is 4.88 Å². The minimum Gasteiger partial charge on any atom is -0.309 e. The topological polar surface area (TPSA) is 52.2 Å². The molecule has 136 valence electrons. The quantitative estimate of drug-likeness (QED) is 0.752. The molecule has 26 heavy (non-hydrogen) atoms. The van der Waals surface area contributed by atoms with Crippen LogP contribution in [0.5, 0.6) is 0 Å². The zero-order valence-corrected chi connectivity index (χ0v) is 15.8. The van der Waals surface area contributed by atoms with E-state index in [9.17, 15) is 4.79 Å². The van der Waals surface area contributed by atoms with Crippen molar-refractivity contribution in [2.45, 2.75) is 19.4 Å². The molecule has 3 heterocycles. The molecule has 1 unspecified atom stereocenters. The summed E-state index contributed by atoms with van der Waals surface area (Å²) in [6, 6.07) is 12.0. The molecule has 1 aliphatic rings. The molecule has 3 aromatic rings. The maximum Gasteiger partial charge on any atom is 0.258 e. The van der Waals surface area contributed by atoms with Crippen molar-refractivity contribution >= 4 is 22.2 Å². The average molecular weight is 369 g/mol. The van der Waals surface area contributed by atoms with Gasteiger partial charge in [0.25, 0.3) is 5.56 Å². The van der Waals surface area contributed by atoms with Crippen molar-refractivity contribution in [2.75, 3.05) is 32.7 Å². The van der Waals surface area contributed by atoms with E-state index in [4.69, 9.17) is 4.98 Å². The van der Waals surface area contributed by atoms with Gasteiger partial charge in [0.1, 0.15) is 5.82 Å². The maximum atomic E-state index is 12.3. The van der Waals surface area contributed by atoms with Crippen LogP contribution in [0.2, 0.25) is 0 Å². The van der Waals surface area contributed by atoms with E-state index in [1.54, 1.807) is 0 Å². The standard InChI is InChI=1S/C20H24N4OS/c1-15(19-21-18-7-3-2-6-17(18)20(25)22-19)24-12-10-23(11-13-24)9-8-16-5-4-14-26-16/h2-7,14-15H,8-13H2,1H3,(H,21,22,25). The first-order valence-electron chi connectivity index (χ1n) is 9.18. The summed E-state index contributed by atoms with van der Waals surface area (Å²) in [6.45, 7) is 7.38. The van der Waals surface area contributed by atoms with Crippen LogP contribution in [0.1, 0.15) is 23.7 Å². The Hall–Kier alpha value is -2.02. The van der Waals surface area contributed by atoms with Crippen molar-refractivity contribution in [3.05, 3.63) is 62.8 Å². The molecule has 0 spiro atoms. The number of benzene rings is 1. The second-order valence-corrected chi connectivity index (χ2v) is 7.88. The minimum absolute atomic E-state index is 0.0490. The van der Waals surface area contributed by atoms with Gasteiger partial charge in [-0.15, -0.1) is 11.3 Å². The SMILES string of the molecule is CC(c1nc2ccccc2c(=O)[nH]1)N1CCN(CCc2cccs2)CC1. The van der Waals surface area contributed by atoms with Crippen molar-refractivity contribution in [2.24, 2.45) is 0 Å². The molecule has 1 fully saturated rings. The molecule has 1 atom stereocenters. The molecular weight excluding hydrogens is 344 g/mol. The van der Waals surface area contributed by atoms with Crippen LogP contribution in [0, 0.1) is 0 Å². The highest BCUT2D eigenvalue weighted by molar-refractivity contribution is 7.09. The van der Waals surface area contributed by atoms with Gasteiger partial charge in [0, 0.05) is 37.6 Å². The van der Waals surface area contributed by atoms with Crippen LogP contribution in [-0.4, -0.2) is 52.5 Å². The third-order valence-corrected chi connectivity index (χ3v) is 6.17. The van der Waals surface area contributed by atoms with Crippen molar-refractivity contribution < 1.29 is 0 Å². The number of para-hydroxylation sites is 1. The predicted octanol–water partition coefficient (Wildman–Crippen LogP) is 2.91. The van der Waals surface area contributed by atoms with Gasteiger partial charge in [0.2, 0.25) is 0 Å². The fourth-order valence-corrected chi connectivity index (χ4v) is 4.27. The molecule has 0 saturated carbocycles. The Bertz CT molecular complexity index is 913. The second kappa shape index (κ2) is 7.70. The van der Waals surface area contributed by atoms with Gasteiger partial charge < -0.3 is 9.88 Å². The van der Waals surface area contributed by atoms with Crippen LogP contribution in [0.25, 0.3) is 10.9 Å². The van der Waals surface area contributed by atoms with E-state index in [0.717, 1.165) is 50.5 Å². The van der Waals surface area contributed by atoms with E-state index >= 15 is 0 Å². The first-order chi connectivity index (χ1) is 12.7. The molecule has 1 saturated heterocycles. The molecule has 6 heteroatoms. The molecular formula is C20H24N4OS. The zero-order valence-electron chi connectivity index (χ0n) is 15.0. The Kier molecular flexibility index (Phi) is 5.15. The molecule has 1 aliphatic heterocycles. The van der Waals surface area contributed by atoms with E-state index in [1.807, 2.05) is 35.6 Å². The first kappa shape index (κ1) is 17.4. The van der Waals surface area contributed by atoms with Crippen molar-refractivity contribution in [1.29, 1.82) is 0 Å². The Balaban J connectivity index is 1.39. The predicted molar refractivity (Wildman–Crippen MR) is 107 cm³/mol. The molecule has 2 aromatic heterocycles. The van der Waals surface area contributed by atoms with Gasteiger partial charge in [-0.05, 0) is 36.9 Å². The van der Waals surface area contributed by atoms with Gasteiger partial charge in [-0.25, -0.2) is 4.98 Å². The number of nitrogens with one attached hydrogen (secondary N) is 1. The third-order valence-electron chi connectivity index (χ3n) is 5.24. The number of thiophene rings is 1. The number of aromatic amines is 1. The Morgan fingerprint density at radius 2 is 1.96 bits per heavy atom. The Morgan fingerprint density at radius 1 is 1.15 bits per heavy atom. The van der Waals surface area contributed by atoms with Crippen LogP contribution >= 0.6 is 11.3 Å². The van der Waals surface area contributed by atoms with E-state index in [2.05, 4.69) is 39.2 Å². The fraction of sp³-hybridized carbons (Fsp3) is 0.400. The van der Waals surface area contributed by atoms with Crippen molar-refractivity contribution in [3.63, 3.8) is 0 Å². The average Bonchev–Trinajstić information content (AvgIpc) is 3.20.